The fourth-order valence-electron chi connectivity index (χ4n) is 1.57. The number of halogens is 3. The van der Waals surface area contributed by atoms with Crippen molar-refractivity contribution in [2.75, 3.05) is 6.61 Å². The van der Waals surface area contributed by atoms with Gasteiger partial charge in [0.05, 0.1) is 12.1 Å². The van der Waals surface area contributed by atoms with Crippen molar-refractivity contribution in [2.45, 2.75) is 23.3 Å². The van der Waals surface area contributed by atoms with E-state index in [4.69, 9.17) is 5.11 Å². The van der Waals surface area contributed by atoms with Crippen molar-refractivity contribution in [2.24, 2.45) is 0 Å². The fraction of sp³-hybridized carbons (Fsp3) is 0.400. The molecule has 0 aromatic heterocycles. The monoisotopic (exact) mass is 341 g/mol. The lowest BCUT2D eigenvalue weighted by atomic mass is 10.3. The number of hydrogen-bond donors (Lipinski definition) is 2. The zero-order valence-electron chi connectivity index (χ0n) is 9.08. The summed E-state index contributed by atoms with van der Waals surface area (Å²) in [6.45, 7) is -0.355. The van der Waals surface area contributed by atoms with E-state index in [9.17, 15) is 17.2 Å². The topological polar surface area (TPSA) is 66.4 Å². The van der Waals surface area contributed by atoms with Crippen molar-refractivity contribution in [1.82, 2.24) is 4.72 Å². The van der Waals surface area contributed by atoms with E-state index in [1.54, 1.807) is 0 Å². The molecule has 2 N–H and O–H groups in total. The molecule has 8 heteroatoms. The highest BCUT2D eigenvalue weighted by molar-refractivity contribution is 9.10. The average Bonchev–Trinajstić information content (AvgIpc) is 2.95. The summed E-state index contributed by atoms with van der Waals surface area (Å²) in [6, 6.07) is 1.37. The third-order valence-electron chi connectivity index (χ3n) is 2.74. The first kappa shape index (κ1) is 13.9. The Morgan fingerprint density at radius 1 is 1.39 bits per heavy atom. The molecule has 0 heterocycles. The van der Waals surface area contributed by atoms with Gasteiger partial charge in [-0.25, -0.2) is 21.9 Å². The van der Waals surface area contributed by atoms with Crippen molar-refractivity contribution in [3.8, 4) is 0 Å². The van der Waals surface area contributed by atoms with Crippen LogP contribution in [-0.4, -0.2) is 25.7 Å². The van der Waals surface area contributed by atoms with Crippen LogP contribution in [0.3, 0.4) is 0 Å². The van der Waals surface area contributed by atoms with Crippen LogP contribution in [0.15, 0.2) is 21.5 Å². The maximum absolute atomic E-state index is 13.6. The molecule has 0 atom stereocenters. The van der Waals surface area contributed by atoms with Gasteiger partial charge in [0, 0.05) is 10.5 Å². The normalized spacial score (nSPS) is 17.8. The van der Waals surface area contributed by atoms with Gasteiger partial charge in [-0.15, -0.1) is 0 Å². The first-order chi connectivity index (χ1) is 8.30. The first-order valence-electron chi connectivity index (χ1n) is 5.09. The van der Waals surface area contributed by atoms with E-state index in [2.05, 4.69) is 20.7 Å². The van der Waals surface area contributed by atoms with Crippen molar-refractivity contribution in [3.63, 3.8) is 0 Å². The maximum Gasteiger partial charge on any atom is 0.245 e. The van der Waals surface area contributed by atoms with Crippen LogP contribution in [0, 0.1) is 11.6 Å². The number of benzene rings is 1. The molecule has 0 bridgehead atoms. The molecule has 0 aliphatic heterocycles. The first-order valence-corrected chi connectivity index (χ1v) is 7.37. The van der Waals surface area contributed by atoms with Crippen LogP contribution in [0.4, 0.5) is 8.78 Å². The third kappa shape index (κ3) is 2.56. The Morgan fingerprint density at radius 2 is 2.00 bits per heavy atom. The third-order valence-corrected chi connectivity index (χ3v) is 5.28. The van der Waals surface area contributed by atoms with Crippen LogP contribution in [0.1, 0.15) is 12.8 Å². The molecule has 4 nitrogen and oxygen atoms in total. The second-order valence-corrected chi connectivity index (χ2v) is 6.72. The molecule has 18 heavy (non-hydrogen) atoms. The Labute approximate surface area is 111 Å². The van der Waals surface area contributed by atoms with Crippen LogP contribution in [0.25, 0.3) is 0 Å². The number of rotatable bonds is 4. The van der Waals surface area contributed by atoms with E-state index in [0.717, 1.165) is 6.07 Å². The predicted octanol–water partition coefficient (Wildman–Crippen LogP) is 1.53. The molecule has 0 amide bonds. The summed E-state index contributed by atoms with van der Waals surface area (Å²) in [5, 5.41) is 9.06. The van der Waals surface area contributed by atoms with Crippen LogP contribution in [0.2, 0.25) is 0 Å². The lowest BCUT2D eigenvalue weighted by molar-refractivity contribution is 0.246. The number of sulfonamides is 1. The van der Waals surface area contributed by atoms with Crippen LogP contribution < -0.4 is 4.72 Å². The Bertz CT molecular complexity index is 564. The van der Waals surface area contributed by atoms with Gasteiger partial charge in [-0.2, -0.15) is 0 Å². The molecule has 0 spiro atoms. The van der Waals surface area contributed by atoms with Crippen LogP contribution in [-0.2, 0) is 10.0 Å². The molecule has 1 fully saturated rings. The summed E-state index contributed by atoms with van der Waals surface area (Å²) in [6.07, 6.45) is 0.978. The molecule has 0 unspecified atom stereocenters. The molecule has 100 valence electrons. The van der Waals surface area contributed by atoms with Gasteiger partial charge in [0.2, 0.25) is 10.0 Å². The number of nitrogens with one attached hydrogen (secondary N) is 1. The zero-order valence-corrected chi connectivity index (χ0v) is 11.5. The Kier molecular flexibility index (Phi) is 3.48. The van der Waals surface area contributed by atoms with Crippen molar-refractivity contribution >= 4 is 26.0 Å². The highest BCUT2D eigenvalue weighted by atomic mass is 79.9. The average molecular weight is 342 g/mol. The summed E-state index contributed by atoms with van der Waals surface area (Å²) in [7, 11) is -4.14. The number of hydrogen-bond acceptors (Lipinski definition) is 3. The van der Waals surface area contributed by atoms with Crippen molar-refractivity contribution in [1.29, 1.82) is 0 Å². The number of aliphatic hydroxyl groups excluding tert-OH is 1. The lowest BCUT2D eigenvalue weighted by Gasteiger charge is -2.15. The van der Waals surface area contributed by atoms with E-state index in [-0.39, 0.29) is 11.1 Å². The molecule has 0 radical (unpaired) electrons. The van der Waals surface area contributed by atoms with E-state index < -0.39 is 32.1 Å². The molecular weight excluding hydrogens is 332 g/mol. The quantitative estimate of drug-likeness (QED) is 0.872. The minimum absolute atomic E-state index is 0.193. The zero-order chi connectivity index (χ0) is 13.6. The SMILES string of the molecule is O=S(=O)(NC1(CO)CC1)c1c(F)cc(F)cc1Br. The fourth-order valence-corrected chi connectivity index (χ4v) is 4.18. The van der Waals surface area contributed by atoms with E-state index in [1.165, 1.54) is 0 Å². The Hall–Kier alpha value is -0.570. The summed E-state index contributed by atoms with van der Waals surface area (Å²) in [5.41, 5.74) is -0.904. The summed E-state index contributed by atoms with van der Waals surface area (Å²) >= 11 is 2.82. The van der Waals surface area contributed by atoms with Gasteiger partial charge in [0.1, 0.15) is 16.5 Å². The van der Waals surface area contributed by atoms with Gasteiger partial charge in [-0.1, -0.05) is 0 Å². The molecular formula is C10H10BrF2NO3S. The van der Waals surface area contributed by atoms with E-state index >= 15 is 0 Å². The highest BCUT2D eigenvalue weighted by Crippen LogP contribution is 2.37. The predicted molar refractivity (Wildman–Crippen MR) is 63.4 cm³/mol. The lowest BCUT2D eigenvalue weighted by Crippen LogP contribution is -2.40. The van der Waals surface area contributed by atoms with Crippen molar-refractivity contribution in [3.05, 3.63) is 28.2 Å². The van der Waals surface area contributed by atoms with Gasteiger partial charge < -0.3 is 5.11 Å². The van der Waals surface area contributed by atoms with Gasteiger partial charge in [-0.05, 0) is 34.8 Å². The van der Waals surface area contributed by atoms with Gasteiger partial charge >= 0.3 is 0 Å². The summed E-state index contributed by atoms with van der Waals surface area (Å²) < 4.78 is 52.5. The minimum Gasteiger partial charge on any atom is -0.394 e. The van der Waals surface area contributed by atoms with Crippen molar-refractivity contribution < 1.29 is 22.3 Å². The van der Waals surface area contributed by atoms with E-state index in [0.29, 0.717) is 18.9 Å². The molecule has 2 rings (SSSR count). The van der Waals surface area contributed by atoms with Gasteiger partial charge in [0.25, 0.3) is 0 Å². The highest BCUT2D eigenvalue weighted by Gasteiger charge is 2.46. The summed E-state index contributed by atoms with van der Waals surface area (Å²) in [5.74, 6) is -2.05. The summed E-state index contributed by atoms with van der Waals surface area (Å²) in [4.78, 5) is -0.649. The van der Waals surface area contributed by atoms with Crippen LogP contribution >= 0.6 is 15.9 Å². The maximum atomic E-state index is 13.6. The Morgan fingerprint density at radius 3 is 2.44 bits per heavy atom. The minimum atomic E-state index is -4.14. The molecule has 1 aliphatic rings. The van der Waals surface area contributed by atoms with Crippen LogP contribution in [0.5, 0.6) is 0 Å². The second-order valence-electron chi connectivity index (χ2n) is 4.24. The standard InChI is InChI=1S/C10H10BrF2NO3S/c11-7-3-6(12)4-8(13)9(7)18(16,17)14-10(5-15)1-2-10/h3-4,14-15H,1-2,5H2. The van der Waals surface area contributed by atoms with Gasteiger partial charge in [0.15, 0.2) is 0 Å². The smallest absolute Gasteiger partial charge is 0.245 e. The number of aliphatic hydroxyl groups is 1. The Balaban J connectivity index is 2.42. The molecule has 0 saturated heterocycles. The molecule has 1 aromatic rings. The largest absolute Gasteiger partial charge is 0.394 e. The van der Waals surface area contributed by atoms with Gasteiger partial charge in [-0.3, -0.25) is 0 Å². The second kappa shape index (κ2) is 4.52. The van der Waals surface area contributed by atoms with E-state index in [1.807, 2.05) is 0 Å². The molecule has 1 aliphatic carbocycles. The molecule has 1 saturated carbocycles. The molecule has 1 aromatic carbocycles.